The minimum atomic E-state index is -0.0684. The molecule has 0 amide bonds. The van der Waals surface area contributed by atoms with Crippen molar-refractivity contribution in [3.05, 3.63) is 12.7 Å². The molecule has 0 aromatic heterocycles. The molecule has 0 radical (unpaired) electrons. The maximum Gasteiger partial charge on any atom is 0.306 e. The van der Waals surface area contributed by atoms with Gasteiger partial charge in [-0.1, -0.05) is 28.4 Å². The van der Waals surface area contributed by atoms with Crippen molar-refractivity contribution in [2.24, 2.45) is 0 Å². The molecule has 0 fully saturated rings. The minimum Gasteiger partial charge on any atom is -0.463 e. The second-order valence-corrected chi connectivity index (χ2v) is 4.46. The third-order valence-electron chi connectivity index (χ3n) is 2.12. The SMILES string of the molecule is C=CCCC(C)OC(=O)CCCCCBr. The summed E-state index contributed by atoms with van der Waals surface area (Å²) in [4.78, 5) is 11.3. The molecule has 1 atom stereocenters. The van der Waals surface area contributed by atoms with Gasteiger partial charge >= 0.3 is 5.97 Å². The van der Waals surface area contributed by atoms with E-state index in [-0.39, 0.29) is 12.1 Å². The number of carbonyl (C=O) groups is 1. The molecule has 0 aliphatic heterocycles. The fourth-order valence-electron chi connectivity index (χ4n) is 1.24. The van der Waals surface area contributed by atoms with Crippen LogP contribution in [0.25, 0.3) is 0 Å². The van der Waals surface area contributed by atoms with Crippen LogP contribution in [0.2, 0.25) is 0 Å². The minimum absolute atomic E-state index is 0.0201. The first-order valence-corrected chi connectivity index (χ1v) is 6.69. The molecule has 3 heteroatoms. The average molecular weight is 277 g/mol. The van der Waals surface area contributed by atoms with Crippen molar-refractivity contribution in [3.8, 4) is 0 Å². The normalized spacial score (nSPS) is 12.1. The highest BCUT2D eigenvalue weighted by Crippen LogP contribution is 2.07. The molecule has 0 aliphatic rings. The van der Waals surface area contributed by atoms with Crippen LogP contribution in [-0.4, -0.2) is 17.4 Å². The van der Waals surface area contributed by atoms with Crippen molar-refractivity contribution in [2.75, 3.05) is 5.33 Å². The largest absolute Gasteiger partial charge is 0.463 e. The van der Waals surface area contributed by atoms with Crippen LogP contribution in [0.3, 0.4) is 0 Å². The summed E-state index contributed by atoms with van der Waals surface area (Å²) in [5.74, 6) is -0.0684. The second kappa shape index (κ2) is 10.2. The van der Waals surface area contributed by atoms with E-state index in [1.807, 2.05) is 13.0 Å². The lowest BCUT2D eigenvalue weighted by atomic mass is 10.2. The van der Waals surface area contributed by atoms with Gasteiger partial charge in [-0.25, -0.2) is 0 Å². The van der Waals surface area contributed by atoms with Crippen molar-refractivity contribution in [3.63, 3.8) is 0 Å². The number of allylic oxidation sites excluding steroid dienone is 1. The molecule has 0 N–H and O–H groups in total. The van der Waals surface area contributed by atoms with E-state index in [0.717, 1.165) is 37.4 Å². The maximum absolute atomic E-state index is 11.3. The number of alkyl halides is 1. The topological polar surface area (TPSA) is 26.3 Å². The first-order valence-electron chi connectivity index (χ1n) is 5.57. The first kappa shape index (κ1) is 14.7. The molecule has 0 aromatic carbocycles. The molecular formula is C12H21BrO2. The van der Waals surface area contributed by atoms with Gasteiger partial charge in [-0.3, -0.25) is 4.79 Å². The summed E-state index contributed by atoms with van der Waals surface area (Å²) < 4.78 is 5.23. The van der Waals surface area contributed by atoms with E-state index in [9.17, 15) is 4.79 Å². The van der Waals surface area contributed by atoms with Gasteiger partial charge in [0.15, 0.2) is 0 Å². The number of hydrogen-bond acceptors (Lipinski definition) is 2. The molecule has 0 aliphatic carbocycles. The van der Waals surface area contributed by atoms with Crippen molar-refractivity contribution >= 4 is 21.9 Å². The Kier molecular flexibility index (Phi) is 10.0. The fraction of sp³-hybridized carbons (Fsp3) is 0.750. The Morgan fingerprint density at radius 1 is 1.47 bits per heavy atom. The summed E-state index contributed by atoms with van der Waals surface area (Å²) in [5.41, 5.74) is 0. The molecular weight excluding hydrogens is 256 g/mol. The second-order valence-electron chi connectivity index (χ2n) is 3.67. The highest BCUT2D eigenvalue weighted by molar-refractivity contribution is 9.09. The van der Waals surface area contributed by atoms with Crippen LogP contribution in [0.4, 0.5) is 0 Å². The van der Waals surface area contributed by atoms with Crippen LogP contribution >= 0.6 is 15.9 Å². The Morgan fingerprint density at radius 3 is 2.80 bits per heavy atom. The van der Waals surface area contributed by atoms with Crippen LogP contribution in [0.15, 0.2) is 12.7 Å². The van der Waals surface area contributed by atoms with E-state index < -0.39 is 0 Å². The lowest BCUT2D eigenvalue weighted by molar-refractivity contribution is -0.148. The van der Waals surface area contributed by atoms with Crippen molar-refractivity contribution in [1.29, 1.82) is 0 Å². The van der Waals surface area contributed by atoms with Crippen LogP contribution < -0.4 is 0 Å². The number of esters is 1. The molecule has 2 nitrogen and oxygen atoms in total. The average Bonchev–Trinajstić information content (AvgIpc) is 2.21. The zero-order valence-electron chi connectivity index (χ0n) is 9.51. The molecule has 0 saturated carbocycles. The molecule has 0 saturated heterocycles. The van der Waals surface area contributed by atoms with Gasteiger partial charge in [-0.05, 0) is 32.6 Å². The van der Waals surface area contributed by atoms with Gasteiger partial charge in [0, 0.05) is 11.8 Å². The number of unbranched alkanes of at least 4 members (excludes halogenated alkanes) is 2. The fourth-order valence-corrected chi connectivity index (χ4v) is 1.63. The van der Waals surface area contributed by atoms with Crippen molar-refractivity contribution in [2.45, 2.75) is 51.6 Å². The van der Waals surface area contributed by atoms with Crippen LogP contribution in [0.5, 0.6) is 0 Å². The van der Waals surface area contributed by atoms with Gasteiger partial charge in [0.25, 0.3) is 0 Å². The first-order chi connectivity index (χ1) is 7.20. The Hall–Kier alpha value is -0.310. The highest BCUT2D eigenvalue weighted by atomic mass is 79.9. The van der Waals surface area contributed by atoms with Gasteiger partial charge < -0.3 is 4.74 Å². The van der Waals surface area contributed by atoms with Gasteiger partial charge in [0.2, 0.25) is 0 Å². The maximum atomic E-state index is 11.3. The molecule has 0 aromatic rings. The Bertz CT molecular complexity index is 180. The molecule has 1 unspecified atom stereocenters. The Morgan fingerprint density at radius 2 is 2.20 bits per heavy atom. The predicted molar refractivity (Wildman–Crippen MR) is 67.2 cm³/mol. The highest BCUT2D eigenvalue weighted by Gasteiger charge is 2.07. The summed E-state index contributed by atoms with van der Waals surface area (Å²) in [6, 6.07) is 0. The van der Waals surface area contributed by atoms with Crippen LogP contribution in [0.1, 0.15) is 45.4 Å². The van der Waals surface area contributed by atoms with Gasteiger partial charge in [0.1, 0.15) is 0 Å². The monoisotopic (exact) mass is 276 g/mol. The van der Waals surface area contributed by atoms with E-state index in [1.165, 1.54) is 0 Å². The van der Waals surface area contributed by atoms with Crippen molar-refractivity contribution in [1.82, 2.24) is 0 Å². The number of ether oxygens (including phenoxy) is 1. The summed E-state index contributed by atoms with van der Waals surface area (Å²) >= 11 is 3.36. The lowest BCUT2D eigenvalue weighted by Crippen LogP contribution is -2.14. The number of carbonyl (C=O) groups excluding carboxylic acids is 1. The summed E-state index contributed by atoms with van der Waals surface area (Å²) in [6.07, 6.45) is 7.33. The van der Waals surface area contributed by atoms with Crippen LogP contribution in [-0.2, 0) is 9.53 Å². The lowest BCUT2D eigenvalue weighted by Gasteiger charge is -2.11. The molecule has 0 rings (SSSR count). The molecule has 0 spiro atoms. The number of hydrogen-bond donors (Lipinski definition) is 0. The third kappa shape index (κ3) is 9.98. The van der Waals surface area contributed by atoms with E-state index in [4.69, 9.17) is 4.74 Å². The van der Waals surface area contributed by atoms with Crippen molar-refractivity contribution < 1.29 is 9.53 Å². The summed E-state index contributed by atoms with van der Waals surface area (Å²) in [5, 5.41) is 1.01. The van der Waals surface area contributed by atoms with E-state index >= 15 is 0 Å². The number of rotatable bonds is 9. The number of halogens is 1. The third-order valence-corrected chi connectivity index (χ3v) is 2.69. The molecule has 0 bridgehead atoms. The predicted octanol–water partition coefficient (Wildman–Crippen LogP) is 3.84. The summed E-state index contributed by atoms with van der Waals surface area (Å²) in [7, 11) is 0. The molecule has 88 valence electrons. The van der Waals surface area contributed by atoms with Gasteiger partial charge in [0.05, 0.1) is 6.10 Å². The van der Waals surface area contributed by atoms with E-state index in [0.29, 0.717) is 6.42 Å². The molecule has 0 heterocycles. The zero-order valence-corrected chi connectivity index (χ0v) is 11.1. The summed E-state index contributed by atoms with van der Waals surface area (Å²) in [6.45, 7) is 5.57. The quantitative estimate of drug-likeness (QED) is 0.277. The van der Waals surface area contributed by atoms with Gasteiger partial charge in [-0.15, -0.1) is 6.58 Å². The van der Waals surface area contributed by atoms with Crippen LogP contribution in [0, 0.1) is 0 Å². The molecule has 15 heavy (non-hydrogen) atoms. The van der Waals surface area contributed by atoms with E-state index in [1.54, 1.807) is 0 Å². The van der Waals surface area contributed by atoms with E-state index in [2.05, 4.69) is 22.5 Å². The Labute approximate surface area is 101 Å². The standard InChI is InChI=1S/C12H21BrO2/c1-3-4-8-11(2)15-12(14)9-6-5-7-10-13/h3,11H,1,4-10H2,2H3. The Balaban J connectivity index is 3.42. The van der Waals surface area contributed by atoms with Gasteiger partial charge in [-0.2, -0.15) is 0 Å². The zero-order chi connectivity index (χ0) is 11.5. The smallest absolute Gasteiger partial charge is 0.306 e.